The average molecular weight is 360 g/mol. The van der Waals surface area contributed by atoms with Gasteiger partial charge in [0, 0.05) is 5.54 Å². The van der Waals surface area contributed by atoms with E-state index >= 15 is 0 Å². The van der Waals surface area contributed by atoms with E-state index in [0.29, 0.717) is 19.3 Å². The molecule has 1 saturated carbocycles. The van der Waals surface area contributed by atoms with Gasteiger partial charge in [0.25, 0.3) is 0 Å². The summed E-state index contributed by atoms with van der Waals surface area (Å²) in [6, 6.07) is 4.13. The van der Waals surface area contributed by atoms with Crippen molar-refractivity contribution in [1.29, 1.82) is 0 Å². The lowest BCUT2D eigenvalue weighted by molar-refractivity contribution is -0.147. The van der Waals surface area contributed by atoms with Crippen molar-refractivity contribution in [1.82, 2.24) is 5.32 Å². The smallest absolute Gasteiger partial charge is 0.451 e. The van der Waals surface area contributed by atoms with E-state index in [9.17, 15) is 9.90 Å². The lowest BCUT2D eigenvalue weighted by Gasteiger charge is -2.40. The second-order valence-corrected chi connectivity index (χ2v) is 8.01. The van der Waals surface area contributed by atoms with Crippen LogP contribution in [0.1, 0.15) is 54.4 Å². The van der Waals surface area contributed by atoms with E-state index in [1.54, 1.807) is 7.05 Å². The van der Waals surface area contributed by atoms with E-state index in [1.165, 1.54) is 0 Å². The summed E-state index contributed by atoms with van der Waals surface area (Å²) in [5.41, 5.74) is 9.13. The maximum absolute atomic E-state index is 12.4. The molecule has 0 aliphatic heterocycles. The zero-order valence-corrected chi connectivity index (χ0v) is 15.6. The molecule has 3 rings (SSSR count). The van der Waals surface area contributed by atoms with Gasteiger partial charge >= 0.3 is 13.1 Å². The quantitative estimate of drug-likeness (QED) is 0.468. The SMILES string of the molecule is CN[C@@]1(C(=O)O)c2cc(C3(N)CCC3)c(C)cc2CC1CCCB(O)O. The van der Waals surface area contributed by atoms with Crippen molar-refractivity contribution in [2.75, 3.05) is 7.05 Å². The third-order valence-corrected chi connectivity index (χ3v) is 6.48. The molecule has 2 aliphatic carbocycles. The molecule has 2 aliphatic rings. The zero-order valence-electron chi connectivity index (χ0n) is 15.6. The Labute approximate surface area is 154 Å². The predicted octanol–water partition coefficient (Wildman–Crippen LogP) is 1.26. The minimum atomic E-state index is -1.35. The molecule has 7 heteroatoms. The lowest BCUT2D eigenvalue weighted by atomic mass is 9.70. The molecular formula is C19H29BN2O4. The molecule has 0 saturated heterocycles. The maximum Gasteiger partial charge on any atom is 0.451 e. The number of benzene rings is 1. The Hall–Kier alpha value is -1.41. The Morgan fingerprint density at radius 2 is 2.04 bits per heavy atom. The van der Waals surface area contributed by atoms with E-state index in [2.05, 4.69) is 18.3 Å². The van der Waals surface area contributed by atoms with Crippen LogP contribution in [0.3, 0.4) is 0 Å². The van der Waals surface area contributed by atoms with Gasteiger partial charge in [0.1, 0.15) is 5.54 Å². The first kappa shape index (κ1) is 19.4. The van der Waals surface area contributed by atoms with Gasteiger partial charge in [0.2, 0.25) is 0 Å². The molecule has 1 aromatic rings. The molecular weight excluding hydrogens is 331 g/mol. The largest absolute Gasteiger partial charge is 0.480 e. The highest BCUT2D eigenvalue weighted by Crippen LogP contribution is 2.48. The van der Waals surface area contributed by atoms with E-state index in [1.807, 2.05) is 6.07 Å². The van der Waals surface area contributed by atoms with Crippen molar-refractivity contribution in [2.24, 2.45) is 11.7 Å². The third-order valence-electron chi connectivity index (χ3n) is 6.48. The number of nitrogens with two attached hydrogens (primary N) is 1. The molecule has 0 spiro atoms. The number of carboxylic acids is 1. The van der Waals surface area contributed by atoms with Gasteiger partial charge in [-0.15, -0.1) is 0 Å². The normalized spacial score (nSPS) is 26.3. The Kier molecular flexibility index (Phi) is 5.18. The molecule has 142 valence electrons. The maximum atomic E-state index is 12.4. The fourth-order valence-corrected chi connectivity index (χ4v) is 4.91. The summed E-state index contributed by atoms with van der Waals surface area (Å²) in [5, 5.41) is 31.4. The molecule has 0 amide bonds. The number of aryl methyl sites for hydroxylation is 1. The molecule has 6 N–H and O–H groups in total. The van der Waals surface area contributed by atoms with Gasteiger partial charge in [-0.1, -0.05) is 18.6 Å². The molecule has 0 aromatic heterocycles. The van der Waals surface area contributed by atoms with Crippen molar-refractivity contribution < 1.29 is 19.9 Å². The number of fused-ring (bicyclic) bond motifs is 1. The van der Waals surface area contributed by atoms with Crippen molar-refractivity contribution in [3.05, 3.63) is 34.4 Å². The number of carboxylic acid groups (broad SMARTS) is 1. The monoisotopic (exact) mass is 360 g/mol. The van der Waals surface area contributed by atoms with Crippen LogP contribution in [0.15, 0.2) is 12.1 Å². The molecule has 0 heterocycles. The summed E-state index contributed by atoms with van der Waals surface area (Å²) in [6.45, 7) is 2.06. The molecule has 6 nitrogen and oxygen atoms in total. The average Bonchev–Trinajstić information content (AvgIpc) is 2.84. The Bertz CT molecular complexity index is 705. The van der Waals surface area contributed by atoms with E-state index < -0.39 is 18.6 Å². The van der Waals surface area contributed by atoms with Crippen molar-refractivity contribution in [2.45, 2.75) is 62.8 Å². The Morgan fingerprint density at radius 1 is 1.35 bits per heavy atom. The summed E-state index contributed by atoms with van der Waals surface area (Å²) in [5.74, 6) is -1.02. The fourth-order valence-electron chi connectivity index (χ4n) is 4.91. The molecule has 2 atom stereocenters. The Morgan fingerprint density at radius 3 is 2.54 bits per heavy atom. The van der Waals surface area contributed by atoms with Gasteiger partial charge in [-0.25, -0.2) is 4.79 Å². The van der Waals surface area contributed by atoms with Crippen molar-refractivity contribution >= 4 is 13.1 Å². The molecule has 0 radical (unpaired) electrons. The second kappa shape index (κ2) is 6.96. The lowest BCUT2D eigenvalue weighted by Crippen LogP contribution is -2.51. The van der Waals surface area contributed by atoms with Crippen LogP contribution in [-0.4, -0.2) is 35.3 Å². The molecule has 26 heavy (non-hydrogen) atoms. The van der Waals surface area contributed by atoms with Crippen molar-refractivity contribution in [3.63, 3.8) is 0 Å². The first-order chi connectivity index (χ1) is 12.2. The van der Waals surface area contributed by atoms with Gasteiger partial charge in [-0.05, 0) is 80.6 Å². The highest BCUT2D eigenvalue weighted by atomic mass is 16.4. The van der Waals surface area contributed by atoms with Crippen LogP contribution in [0.4, 0.5) is 0 Å². The predicted molar refractivity (Wildman–Crippen MR) is 101 cm³/mol. The van der Waals surface area contributed by atoms with E-state index in [-0.39, 0.29) is 17.8 Å². The molecule has 1 unspecified atom stereocenters. The highest BCUT2D eigenvalue weighted by molar-refractivity contribution is 6.40. The number of carbonyl (C=O) groups is 1. The highest BCUT2D eigenvalue weighted by Gasteiger charge is 2.52. The molecule has 0 bridgehead atoms. The summed E-state index contributed by atoms with van der Waals surface area (Å²) in [4.78, 5) is 12.4. The number of hydrogen-bond donors (Lipinski definition) is 5. The summed E-state index contributed by atoms with van der Waals surface area (Å²) in [6.07, 6.45) is 5.08. The molecule has 1 fully saturated rings. The van der Waals surface area contributed by atoms with Gasteiger partial charge in [0.05, 0.1) is 0 Å². The number of likely N-dealkylation sites (N-methyl/N-ethyl adjacent to an activating group) is 1. The third kappa shape index (κ3) is 2.97. The van der Waals surface area contributed by atoms with E-state index in [0.717, 1.165) is 41.5 Å². The number of hydrogen-bond acceptors (Lipinski definition) is 5. The topological polar surface area (TPSA) is 116 Å². The summed E-state index contributed by atoms with van der Waals surface area (Å²) >= 11 is 0. The van der Waals surface area contributed by atoms with Crippen LogP contribution in [-0.2, 0) is 22.3 Å². The second-order valence-electron chi connectivity index (χ2n) is 8.01. The number of aliphatic carboxylic acids is 1. The summed E-state index contributed by atoms with van der Waals surface area (Å²) < 4.78 is 0. The standard InChI is InChI=1S/C19H29BN2O4/c1-12-9-13-10-14(5-3-8-20(25)26)19(22-2,17(23)24)16(13)11-15(12)18(21)6-4-7-18/h9,11,14,22,25-26H,3-8,10,21H2,1-2H3,(H,23,24)/t14?,19-/m1/s1. The number of rotatable bonds is 7. The first-order valence-corrected chi connectivity index (χ1v) is 9.46. The minimum absolute atomic E-state index is 0.136. The number of nitrogens with one attached hydrogen (secondary N) is 1. The van der Waals surface area contributed by atoms with Gasteiger partial charge < -0.3 is 26.2 Å². The summed E-state index contributed by atoms with van der Waals surface area (Å²) in [7, 11) is 0.343. The fraction of sp³-hybridized carbons (Fsp3) is 0.632. The van der Waals surface area contributed by atoms with E-state index in [4.69, 9.17) is 15.8 Å². The zero-order chi connectivity index (χ0) is 19.1. The van der Waals surface area contributed by atoms with Gasteiger partial charge in [-0.3, -0.25) is 0 Å². The first-order valence-electron chi connectivity index (χ1n) is 9.46. The van der Waals surface area contributed by atoms with Crippen LogP contribution in [0.5, 0.6) is 0 Å². The van der Waals surface area contributed by atoms with Gasteiger partial charge in [-0.2, -0.15) is 0 Å². The van der Waals surface area contributed by atoms with Crippen LogP contribution < -0.4 is 11.1 Å². The van der Waals surface area contributed by atoms with Crippen LogP contribution >= 0.6 is 0 Å². The Balaban J connectivity index is 2.00. The van der Waals surface area contributed by atoms with Crippen molar-refractivity contribution in [3.8, 4) is 0 Å². The van der Waals surface area contributed by atoms with Crippen LogP contribution in [0, 0.1) is 12.8 Å². The van der Waals surface area contributed by atoms with Crippen LogP contribution in [0.2, 0.25) is 6.32 Å². The minimum Gasteiger partial charge on any atom is -0.480 e. The molecule has 1 aromatic carbocycles. The van der Waals surface area contributed by atoms with Crippen LogP contribution in [0.25, 0.3) is 0 Å². The van der Waals surface area contributed by atoms with Gasteiger partial charge in [0.15, 0.2) is 0 Å².